The van der Waals surface area contributed by atoms with Gasteiger partial charge in [-0.1, -0.05) is 48.5 Å². The highest BCUT2D eigenvalue weighted by molar-refractivity contribution is 5.78. The van der Waals surface area contributed by atoms with E-state index >= 15 is 0 Å². The number of hydrogen-bond acceptors (Lipinski definition) is 3. The summed E-state index contributed by atoms with van der Waals surface area (Å²) in [5, 5.41) is 0. The number of benzene rings is 2. The molecule has 0 N–H and O–H groups in total. The molecule has 3 heteroatoms. The molecule has 0 spiro atoms. The van der Waals surface area contributed by atoms with E-state index in [0.717, 1.165) is 19.1 Å². The van der Waals surface area contributed by atoms with Gasteiger partial charge in [0.25, 0.3) is 0 Å². The number of likely N-dealkylation sites (tertiary alicyclic amines) is 1. The second kappa shape index (κ2) is 7.51. The van der Waals surface area contributed by atoms with Gasteiger partial charge in [-0.2, -0.15) is 0 Å². The van der Waals surface area contributed by atoms with Crippen molar-refractivity contribution in [3.63, 3.8) is 0 Å². The van der Waals surface area contributed by atoms with Crippen LogP contribution in [0.2, 0.25) is 0 Å². The minimum absolute atomic E-state index is 0.383. The Labute approximate surface area is 158 Å². The molecule has 0 atom stereocenters. The second-order valence-corrected chi connectivity index (χ2v) is 8.07. The minimum atomic E-state index is 0.383. The van der Waals surface area contributed by atoms with Crippen molar-refractivity contribution in [2.24, 2.45) is 0 Å². The predicted octanol–water partition coefficient (Wildman–Crippen LogP) is 3.71. The highest BCUT2D eigenvalue weighted by Gasteiger charge is 2.31. The normalized spacial score (nSPS) is 18.5. The number of fused-ring (bicyclic) bond motifs is 3. The molecule has 0 saturated carbocycles. The molecule has 1 aliphatic carbocycles. The molecule has 0 amide bonds. The summed E-state index contributed by atoms with van der Waals surface area (Å²) >= 11 is 0. The van der Waals surface area contributed by atoms with E-state index in [4.69, 9.17) is 0 Å². The minimum Gasteiger partial charge on any atom is -0.306 e. The van der Waals surface area contributed by atoms with E-state index in [1.165, 1.54) is 48.2 Å². The van der Waals surface area contributed by atoms with Crippen LogP contribution < -0.4 is 0 Å². The van der Waals surface area contributed by atoms with Gasteiger partial charge >= 0.3 is 0 Å². The SMILES string of the molecule is CN1CCC(N(C)CCN(C)C2c3ccccc3-c3ccccc32)CC1. The summed E-state index contributed by atoms with van der Waals surface area (Å²) in [6.07, 6.45) is 2.59. The number of rotatable bonds is 5. The largest absolute Gasteiger partial charge is 0.306 e. The first-order valence-corrected chi connectivity index (χ1v) is 9.92. The van der Waals surface area contributed by atoms with Crippen molar-refractivity contribution >= 4 is 0 Å². The average Bonchev–Trinajstić information content (AvgIpc) is 3.01. The average molecular weight is 350 g/mol. The van der Waals surface area contributed by atoms with Gasteiger partial charge in [0.2, 0.25) is 0 Å². The maximum atomic E-state index is 2.58. The first-order chi connectivity index (χ1) is 12.6. The van der Waals surface area contributed by atoms with Gasteiger partial charge in [-0.05, 0) is 69.3 Å². The third-order valence-electron chi connectivity index (χ3n) is 6.36. The van der Waals surface area contributed by atoms with Gasteiger partial charge in [-0.25, -0.2) is 0 Å². The summed E-state index contributed by atoms with van der Waals surface area (Å²) in [6.45, 7) is 4.68. The molecule has 0 unspecified atom stereocenters. The van der Waals surface area contributed by atoms with Crippen LogP contribution in [0.4, 0.5) is 0 Å². The van der Waals surface area contributed by atoms with Gasteiger partial charge in [0.1, 0.15) is 0 Å². The number of piperidine rings is 1. The maximum absolute atomic E-state index is 2.58. The molecule has 0 radical (unpaired) electrons. The van der Waals surface area contributed by atoms with Crippen molar-refractivity contribution < 1.29 is 0 Å². The van der Waals surface area contributed by atoms with Crippen LogP contribution in [-0.2, 0) is 0 Å². The van der Waals surface area contributed by atoms with E-state index in [2.05, 4.69) is 84.4 Å². The molecule has 4 rings (SSSR count). The molecule has 1 saturated heterocycles. The number of nitrogens with zero attached hydrogens (tertiary/aromatic N) is 3. The monoisotopic (exact) mass is 349 g/mol. The van der Waals surface area contributed by atoms with Gasteiger partial charge in [-0.3, -0.25) is 4.90 Å². The summed E-state index contributed by atoms with van der Waals surface area (Å²) in [5.41, 5.74) is 5.73. The Bertz CT molecular complexity index is 703. The van der Waals surface area contributed by atoms with Crippen LogP contribution >= 0.6 is 0 Å². The zero-order chi connectivity index (χ0) is 18.1. The molecule has 2 aromatic carbocycles. The Hall–Kier alpha value is -1.68. The van der Waals surface area contributed by atoms with E-state index in [1.54, 1.807) is 0 Å². The Balaban J connectivity index is 1.46. The first kappa shape index (κ1) is 17.7. The van der Waals surface area contributed by atoms with Crippen LogP contribution in [0.15, 0.2) is 48.5 Å². The Morgan fingerprint density at radius 1 is 0.808 bits per heavy atom. The van der Waals surface area contributed by atoms with Crippen LogP contribution in [0.5, 0.6) is 0 Å². The Morgan fingerprint density at radius 2 is 1.31 bits per heavy atom. The van der Waals surface area contributed by atoms with Gasteiger partial charge in [0, 0.05) is 19.1 Å². The lowest BCUT2D eigenvalue weighted by Crippen LogP contribution is -2.44. The maximum Gasteiger partial charge on any atom is 0.0611 e. The van der Waals surface area contributed by atoms with Crippen LogP contribution in [0.1, 0.15) is 30.0 Å². The Kier molecular flexibility index (Phi) is 5.12. The molecular weight excluding hydrogens is 318 g/mol. The summed E-state index contributed by atoms with van der Waals surface area (Å²) in [6, 6.07) is 18.9. The van der Waals surface area contributed by atoms with Crippen molar-refractivity contribution in [2.45, 2.75) is 24.9 Å². The summed E-state index contributed by atoms with van der Waals surface area (Å²) < 4.78 is 0. The molecule has 1 fully saturated rings. The van der Waals surface area contributed by atoms with Crippen LogP contribution in [-0.4, -0.2) is 68.1 Å². The van der Waals surface area contributed by atoms with Gasteiger partial charge in [0.05, 0.1) is 6.04 Å². The van der Waals surface area contributed by atoms with E-state index < -0.39 is 0 Å². The molecule has 3 nitrogen and oxygen atoms in total. The van der Waals surface area contributed by atoms with Gasteiger partial charge < -0.3 is 9.80 Å². The summed E-state index contributed by atoms with van der Waals surface area (Å²) in [5.74, 6) is 0. The number of hydrogen-bond donors (Lipinski definition) is 0. The van der Waals surface area contributed by atoms with Crippen LogP contribution in [0, 0.1) is 0 Å². The summed E-state index contributed by atoms with van der Waals surface area (Å²) in [7, 11) is 6.82. The van der Waals surface area contributed by atoms with E-state index in [1.807, 2.05) is 0 Å². The fraction of sp³-hybridized carbons (Fsp3) is 0.478. The number of likely N-dealkylation sites (N-methyl/N-ethyl adjacent to an activating group) is 2. The zero-order valence-electron chi connectivity index (χ0n) is 16.4. The highest BCUT2D eigenvalue weighted by atomic mass is 15.2. The molecule has 26 heavy (non-hydrogen) atoms. The second-order valence-electron chi connectivity index (χ2n) is 8.07. The fourth-order valence-corrected chi connectivity index (χ4v) is 4.67. The summed E-state index contributed by atoms with van der Waals surface area (Å²) in [4.78, 5) is 7.56. The lowest BCUT2D eigenvalue weighted by molar-refractivity contribution is 0.129. The van der Waals surface area contributed by atoms with Crippen molar-refractivity contribution in [1.29, 1.82) is 0 Å². The van der Waals surface area contributed by atoms with Crippen LogP contribution in [0.25, 0.3) is 11.1 Å². The van der Waals surface area contributed by atoms with E-state index in [9.17, 15) is 0 Å². The zero-order valence-corrected chi connectivity index (χ0v) is 16.4. The molecular formula is C23H31N3. The Morgan fingerprint density at radius 3 is 1.88 bits per heavy atom. The molecule has 0 bridgehead atoms. The predicted molar refractivity (Wildman–Crippen MR) is 110 cm³/mol. The molecule has 1 heterocycles. The topological polar surface area (TPSA) is 9.72 Å². The molecule has 1 aliphatic heterocycles. The first-order valence-electron chi connectivity index (χ1n) is 9.92. The van der Waals surface area contributed by atoms with Crippen molar-refractivity contribution in [2.75, 3.05) is 47.3 Å². The van der Waals surface area contributed by atoms with Crippen molar-refractivity contribution in [3.05, 3.63) is 59.7 Å². The quantitative estimate of drug-likeness (QED) is 0.815. The molecule has 2 aliphatic rings. The van der Waals surface area contributed by atoms with E-state index in [-0.39, 0.29) is 0 Å². The fourth-order valence-electron chi connectivity index (χ4n) is 4.67. The van der Waals surface area contributed by atoms with Crippen molar-refractivity contribution in [3.8, 4) is 11.1 Å². The van der Waals surface area contributed by atoms with Crippen molar-refractivity contribution in [1.82, 2.24) is 14.7 Å². The van der Waals surface area contributed by atoms with Gasteiger partial charge in [0.15, 0.2) is 0 Å². The molecule has 0 aromatic heterocycles. The third kappa shape index (κ3) is 3.32. The molecule has 2 aromatic rings. The van der Waals surface area contributed by atoms with Gasteiger partial charge in [-0.15, -0.1) is 0 Å². The lowest BCUT2D eigenvalue weighted by atomic mass is 10.0. The molecule has 138 valence electrons. The van der Waals surface area contributed by atoms with Crippen LogP contribution in [0.3, 0.4) is 0 Å². The standard InChI is InChI=1S/C23H31N3/c1-24-14-12-18(13-15-24)25(2)16-17-26(3)23-21-10-6-4-8-19(21)20-9-5-7-11-22(20)23/h4-11,18,23H,12-17H2,1-3H3. The highest BCUT2D eigenvalue weighted by Crippen LogP contribution is 2.45. The van der Waals surface area contributed by atoms with E-state index in [0.29, 0.717) is 6.04 Å². The lowest BCUT2D eigenvalue weighted by Gasteiger charge is -2.36. The third-order valence-corrected chi connectivity index (χ3v) is 6.36. The smallest absolute Gasteiger partial charge is 0.0611 e.